The van der Waals surface area contributed by atoms with Gasteiger partial charge in [0.05, 0.1) is 4.90 Å². The molecule has 0 saturated heterocycles. The Labute approximate surface area is 115 Å². The molecule has 1 heterocycles. The number of anilines is 1. The summed E-state index contributed by atoms with van der Waals surface area (Å²) in [5.74, 6) is 0.275. The number of benzene rings is 1. The molecule has 1 aromatic heterocycles. The number of hydrogen-bond donors (Lipinski definition) is 1. The lowest BCUT2D eigenvalue weighted by atomic mass is 10.2. The first-order valence-corrected chi connectivity index (χ1v) is 7.40. The molecule has 0 aliphatic heterocycles. The van der Waals surface area contributed by atoms with Gasteiger partial charge in [0.15, 0.2) is 0 Å². The van der Waals surface area contributed by atoms with Crippen LogP contribution in [0.15, 0.2) is 27.6 Å². The van der Waals surface area contributed by atoms with E-state index in [1.54, 1.807) is 19.1 Å². The monoisotopic (exact) mass is 301 g/mol. The summed E-state index contributed by atoms with van der Waals surface area (Å²) < 4.78 is 31.5. The van der Waals surface area contributed by atoms with Crippen LogP contribution >= 0.6 is 11.6 Å². The maximum Gasteiger partial charge on any atom is 0.277 e. The van der Waals surface area contributed by atoms with Crippen molar-refractivity contribution in [2.75, 3.05) is 4.72 Å². The van der Waals surface area contributed by atoms with E-state index in [4.69, 9.17) is 16.1 Å². The highest BCUT2D eigenvalue weighted by atomic mass is 35.5. The van der Waals surface area contributed by atoms with E-state index in [2.05, 4.69) is 14.9 Å². The number of halogens is 1. The predicted octanol–water partition coefficient (Wildman–Crippen LogP) is 2.39. The van der Waals surface area contributed by atoms with Crippen molar-refractivity contribution in [2.45, 2.75) is 25.2 Å². The van der Waals surface area contributed by atoms with E-state index >= 15 is 0 Å². The zero-order valence-electron chi connectivity index (χ0n) is 10.3. The van der Waals surface area contributed by atoms with Gasteiger partial charge in [0, 0.05) is 11.4 Å². The Morgan fingerprint density at radius 1 is 1.42 bits per heavy atom. The topological polar surface area (TPSA) is 85.1 Å². The molecule has 8 heteroatoms. The molecule has 2 aromatic rings. The van der Waals surface area contributed by atoms with Gasteiger partial charge in [-0.25, -0.2) is 13.1 Å². The predicted molar refractivity (Wildman–Crippen MR) is 70.7 cm³/mol. The maximum absolute atomic E-state index is 12.2. The Morgan fingerprint density at radius 3 is 2.79 bits per heavy atom. The molecule has 0 saturated carbocycles. The molecule has 0 amide bonds. The third-order valence-corrected chi connectivity index (χ3v) is 4.14. The number of rotatable bonds is 4. The summed E-state index contributed by atoms with van der Waals surface area (Å²) >= 11 is 5.81. The number of nitrogens with zero attached hydrogens (tertiary/aromatic N) is 2. The Balaban J connectivity index is 2.34. The normalized spacial score (nSPS) is 11.5. The summed E-state index contributed by atoms with van der Waals surface area (Å²) in [4.78, 5) is 3.98. The quantitative estimate of drug-likeness (QED) is 0.937. The number of nitrogens with one attached hydrogen (secondary N) is 1. The summed E-state index contributed by atoms with van der Waals surface area (Å²) in [6, 6.07) is 4.63. The second kappa shape index (κ2) is 5.18. The summed E-state index contributed by atoms with van der Waals surface area (Å²) in [5, 5.41) is 3.88. The molecule has 102 valence electrons. The van der Waals surface area contributed by atoms with E-state index in [1.165, 1.54) is 6.07 Å². The van der Waals surface area contributed by atoms with E-state index in [1.807, 2.05) is 6.92 Å². The zero-order valence-corrected chi connectivity index (χ0v) is 11.9. The standard InChI is InChI=1S/C11H12ClN3O3S/c1-3-10-13-11(14-18-10)15-19(16,17)9-6-8(12)5-4-7(9)2/h4-6H,3H2,1-2H3,(H,14,15). The Kier molecular flexibility index (Phi) is 3.77. The lowest BCUT2D eigenvalue weighted by Gasteiger charge is -2.07. The lowest BCUT2D eigenvalue weighted by Crippen LogP contribution is -2.15. The highest BCUT2D eigenvalue weighted by Crippen LogP contribution is 2.21. The maximum atomic E-state index is 12.2. The van der Waals surface area contributed by atoms with Gasteiger partial charge in [-0.1, -0.05) is 24.6 Å². The Bertz CT molecular complexity index is 697. The molecule has 0 fully saturated rings. The van der Waals surface area contributed by atoms with Crippen molar-refractivity contribution in [2.24, 2.45) is 0 Å². The third-order valence-electron chi connectivity index (χ3n) is 2.44. The van der Waals surface area contributed by atoms with Gasteiger partial charge in [-0.05, 0) is 29.8 Å². The van der Waals surface area contributed by atoms with Gasteiger partial charge >= 0.3 is 0 Å². The molecule has 0 aliphatic carbocycles. The molecule has 0 radical (unpaired) electrons. The van der Waals surface area contributed by atoms with Crippen LogP contribution in [0.5, 0.6) is 0 Å². The van der Waals surface area contributed by atoms with Crippen molar-refractivity contribution >= 4 is 27.6 Å². The highest BCUT2D eigenvalue weighted by molar-refractivity contribution is 7.92. The molecule has 2 rings (SSSR count). The largest absolute Gasteiger partial charge is 0.337 e. The third kappa shape index (κ3) is 3.05. The van der Waals surface area contributed by atoms with Crippen LogP contribution in [-0.2, 0) is 16.4 Å². The summed E-state index contributed by atoms with van der Waals surface area (Å²) in [7, 11) is -3.78. The van der Waals surface area contributed by atoms with Crippen molar-refractivity contribution in [1.82, 2.24) is 10.1 Å². The van der Waals surface area contributed by atoms with Gasteiger partial charge in [0.1, 0.15) is 0 Å². The molecule has 0 spiro atoms. The van der Waals surface area contributed by atoms with Crippen molar-refractivity contribution in [3.05, 3.63) is 34.7 Å². The fourth-order valence-corrected chi connectivity index (χ4v) is 2.92. The first-order chi connectivity index (χ1) is 8.92. The molecule has 0 aliphatic rings. The van der Waals surface area contributed by atoms with Gasteiger partial charge in [-0.15, -0.1) is 0 Å². The molecule has 6 nitrogen and oxygen atoms in total. The van der Waals surface area contributed by atoms with Crippen LogP contribution in [0.2, 0.25) is 5.02 Å². The van der Waals surface area contributed by atoms with Crippen LogP contribution in [0.3, 0.4) is 0 Å². The first-order valence-electron chi connectivity index (χ1n) is 5.54. The van der Waals surface area contributed by atoms with E-state index in [0.717, 1.165) is 0 Å². The minimum atomic E-state index is -3.78. The number of aromatic nitrogens is 2. The van der Waals surface area contributed by atoms with Crippen LogP contribution in [0.1, 0.15) is 18.4 Å². The second-order valence-electron chi connectivity index (χ2n) is 3.88. The number of sulfonamides is 1. The number of hydrogen-bond acceptors (Lipinski definition) is 5. The second-order valence-corrected chi connectivity index (χ2v) is 5.97. The van der Waals surface area contributed by atoms with Gasteiger partial charge < -0.3 is 4.52 Å². The SMILES string of the molecule is CCc1nc(NS(=O)(=O)c2cc(Cl)ccc2C)no1. The summed E-state index contributed by atoms with van der Waals surface area (Å²) in [5.41, 5.74) is 0.580. The van der Waals surface area contributed by atoms with Crippen LogP contribution in [0, 0.1) is 6.92 Å². The minimum Gasteiger partial charge on any atom is -0.337 e. The van der Waals surface area contributed by atoms with Crippen LogP contribution < -0.4 is 4.72 Å². The molecule has 1 aromatic carbocycles. The van der Waals surface area contributed by atoms with E-state index in [9.17, 15) is 8.42 Å². The smallest absolute Gasteiger partial charge is 0.277 e. The van der Waals surface area contributed by atoms with Crippen LogP contribution in [0.25, 0.3) is 0 Å². The van der Waals surface area contributed by atoms with Crippen molar-refractivity contribution < 1.29 is 12.9 Å². The van der Waals surface area contributed by atoms with Gasteiger partial charge in [-0.3, -0.25) is 0 Å². The average Bonchev–Trinajstić information content (AvgIpc) is 2.79. The van der Waals surface area contributed by atoms with Gasteiger partial charge in [-0.2, -0.15) is 4.98 Å². The molecule has 0 unspecified atom stereocenters. The zero-order chi connectivity index (χ0) is 14.0. The van der Waals surface area contributed by atoms with Gasteiger partial charge in [0.25, 0.3) is 16.0 Å². The molecule has 1 N–H and O–H groups in total. The number of aryl methyl sites for hydroxylation is 2. The summed E-state index contributed by atoms with van der Waals surface area (Å²) in [6.07, 6.45) is 0.533. The molecular weight excluding hydrogens is 290 g/mol. The fraction of sp³-hybridized carbons (Fsp3) is 0.273. The lowest BCUT2D eigenvalue weighted by molar-refractivity contribution is 0.383. The summed E-state index contributed by atoms with van der Waals surface area (Å²) in [6.45, 7) is 3.51. The first kappa shape index (κ1) is 13.8. The Morgan fingerprint density at radius 2 is 2.16 bits per heavy atom. The minimum absolute atomic E-state index is 0.0860. The van der Waals surface area contributed by atoms with Crippen molar-refractivity contribution in [1.29, 1.82) is 0 Å². The Hall–Kier alpha value is -1.60. The van der Waals surface area contributed by atoms with Gasteiger partial charge in [0.2, 0.25) is 5.89 Å². The van der Waals surface area contributed by atoms with Crippen LogP contribution in [-0.4, -0.2) is 18.6 Å². The fourth-order valence-electron chi connectivity index (χ4n) is 1.48. The van der Waals surface area contributed by atoms with E-state index < -0.39 is 10.0 Å². The molecular formula is C11H12ClN3O3S. The van der Waals surface area contributed by atoms with E-state index in [0.29, 0.717) is 22.9 Å². The molecule has 19 heavy (non-hydrogen) atoms. The van der Waals surface area contributed by atoms with Crippen LogP contribution in [0.4, 0.5) is 5.95 Å². The van der Waals surface area contributed by atoms with Crippen molar-refractivity contribution in [3.63, 3.8) is 0 Å². The van der Waals surface area contributed by atoms with E-state index in [-0.39, 0.29) is 10.8 Å². The highest BCUT2D eigenvalue weighted by Gasteiger charge is 2.20. The molecule has 0 bridgehead atoms. The molecule has 0 atom stereocenters. The average molecular weight is 302 g/mol. The van der Waals surface area contributed by atoms with Crippen molar-refractivity contribution in [3.8, 4) is 0 Å².